The van der Waals surface area contributed by atoms with Crippen LogP contribution in [0, 0.1) is 10.1 Å². The summed E-state index contributed by atoms with van der Waals surface area (Å²) in [5.41, 5.74) is -0.533. The van der Waals surface area contributed by atoms with E-state index in [9.17, 15) is 23.3 Å². The van der Waals surface area contributed by atoms with E-state index in [-0.39, 0.29) is 10.6 Å². The Bertz CT molecular complexity index is 595. The Morgan fingerprint density at radius 3 is 2.56 bits per heavy atom. The lowest BCUT2D eigenvalue weighted by molar-refractivity contribution is -0.384. The van der Waals surface area contributed by atoms with Crippen LogP contribution in [0.2, 0.25) is 0 Å². The Morgan fingerprint density at radius 2 is 2.11 bits per heavy atom. The maximum atomic E-state index is 11.2. The second-order valence-electron chi connectivity index (χ2n) is 3.46. The van der Waals surface area contributed by atoms with Crippen molar-refractivity contribution in [1.29, 1.82) is 0 Å². The minimum Gasteiger partial charge on any atom is -0.480 e. The minimum atomic E-state index is -3.56. The van der Waals surface area contributed by atoms with Crippen molar-refractivity contribution in [2.75, 3.05) is 18.1 Å². The third kappa shape index (κ3) is 3.42. The molecule has 1 aromatic carbocycles. The largest absolute Gasteiger partial charge is 0.480 e. The molecular weight excluding hydrogens is 264 g/mol. The molecule has 0 aliphatic carbocycles. The van der Waals surface area contributed by atoms with Crippen molar-refractivity contribution in [3.05, 3.63) is 28.3 Å². The van der Waals surface area contributed by atoms with E-state index >= 15 is 0 Å². The van der Waals surface area contributed by atoms with E-state index in [4.69, 9.17) is 5.11 Å². The molecule has 1 rings (SSSR count). The minimum absolute atomic E-state index is 0.0465. The van der Waals surface area contributed by atoms with Crippen molar-refractivity contribution < 1.29 is 23.2 Å². The molecule has 0 aliphatic rings. The van der Waals surface area contributed by atoms with E-state index < -0.39 is 33.0 Å². The van der Waals surface area contributed by atoms with E-state index in [1.165, 1.54) is 6.07 Å². The number of anilines is 1. The van der Waals surface area contributed by atoms with Crippen molar-refractivity contribution in [2.24, 2.45) is 0 Å². The highest BCUT2D eigenvalue weighted by molar-refractivity contribution is 7.90. The molecule has 1 aromatic rings. The van der Waals surface area contributed by atoms with E-state index in [2.05, 4.69) is 5.32 Å². The van der Waals surface area contributed by atoms with E-state index in [1.807, 2.05) is 0 Å². The van der Waals surface area contributed by atoms with Crippen molar-refractivity contribution in [1.82, 2.24) is 0 Å². The van der Waals surface area contributed by atoms with Gasteiger partial charge in [0.05, 0.1) is 9.82 Å². The van der Waals surface area contributed by atoms with Crippen molar-refractivity contribution >= 4 is 27.2 Å². The molecule has 0 saturated carbocycles. The highest BCUT2D eigenvalue weighted by Crippen LogP contribution is 2.27. The molecule has 2 N–H and O–H groups in total. The zero-order valence-corrected chi connectivity index (χ0v) is 10.1. The smallest absolute Gasteiger partial charge is 0.322 e. The number of hydrogen-bond donors (Lipinski definition) is 2. The summed E-state index contributed by atoms with van der Waals surface area (Å²) < 4.78 is 22.5. The van der Waals surface area contributed by atoms with Crippen molar-refractivity contribution in [2.45, 2.75) is 4.90 Å². The molecule has 98 valence electrons. The van der Waals surface area contributed by atoms with Crippen LogP contribution < -0.4 is 5.32 Å². The van der Waals surface area contributed by atoms with Gasteiger partial charge < -0.3 is 10.4 Å². The van der Waals surface area contributed by atoms with Crippen molar-refractivity contribution in [3.8, 4) is 0 Å². The Morgan fingerprint density at radius 1 is 1.50 bits per heavy atom. The van der Waals surface area contributed by atoms with Crippen LogP contribution >= 0.6 is 0 Å². The van der Waals surface area contributed by atoms with Gasteiger partial charge in [0.1, 0.15) is 12.2 Å². The Kier molecular flexibility index (Phi) is 3.86. The molecule has 0 radical (unpaired) electrons. The number of nitrogens with zero attached hydrogens (tertiary/aromatic N) is 1. The van der Waals surface area contributed by atoms with Gasteiger partial charge >= 0.3 is 5.97 Å². The summed E-state index contributed by atoms with van der Waals surface area (Å²) in [6.45, 7) is -0.501. The number of nitro groups is 1. The standard InChI is InChI=1S/C9H10N2O6S/c1-18(16,17)6-2-3-7(10-5-9(12)13)8(4-6)11(14)15/h2-4,10H,5H2,1H3,(H,12,13). The highest BCUT2D eigenvalue weighted by atomic mass is 32.2. The van der Waals surface area contributed by atoms with Crippen LogP contribution in [-0.4, -0.2) is 37.2 Å². The van der Waals surface area contributed by atoms with Crippen LogP contribution in [0.3, 0.4) is 0 Å². The monoisotopic (exact) mass is 274 g/mol. The first kappa shape index (κ1) is 13.9. The van der Waals surface area contributed by atoms with Gasteiger partial charge in [0.25, 0.3) is 5.69 Å². The number of aliphatic carboxylic acids is 1. The molecule has 0 fully saturated rings. The maximum absolute atomic E-state index is 11.2. The number of nitrogens with one attached hydrogen (secondary N) is 1. The molecule has 18 heavy (non-hydrogen) atoms. The van der Waals surface area contributed by atoms with Crippen molar-refractivity contribution in [3.63, 3.8) is 0 Å². The van der Waals surface area contributed by atoms with E-state index in [1.54, 1.807) is 0 Å². The second kappa shape index (κ2) is 5.00. The Balaban J connectivity index is 3.21. The summed E-state index contributed by atoms with van der Waals surface area (Å²) in [4.78, 5) is 20.1. The lowest BCUT2D eigenvalue weighted by Gasteiger charge is -2.06. The Hall–Kier alpha value is -2.16. The van der Waals surface area contributed by atoms with Gasteiger partial charge in [-0.25, -0.2) is 8.42 Å². The quantitative estimate of drug-likeness (QED) is 0.591. The number of nitro benzene ring substituents is 1. The first-order chi connectivity index (χ1) is 8.21. The van der Waals surface area contributed by atoms with Gasteiger partial charge in [-0.05, 0) is 12.1 Å². The second-order valence-corrected chi connectivity index (χ2v) is 5.47. The summed E-state index contributed by atoms with van der Waals surface area (Å²) in [5, 5.41) is 21.6. The zero-order valence-electron chi connectivity index (χ0n) is 9.28. The van der Waals surface area contributed by atoms with Crippen LogP contribution in [0.5, 0.6) is 0 Å². The number of carboxylic acids is 1. The molecule has 0 aliphatic heterocycles. The molecule has 0 heterocycles. The van der Waals surface area contributed by atoms with Gasteiger partial charge in [-0.15, -0.1) is 0 Å². The molecule has 0 bridgehead atoms. The molecule has 0 amide bonds. The van der Waals surface area contributed by atoms with Gasteiger partial charge in [-0.1, -0.05) is 0 Å². The average Bonchev–Trinajstić information content (AvgIpc) is 2.24. The molecular formula is C9H10N2O6S. The summed E-state index contributed by atoms with van der Waals surface area (Å²) in [6.07, 6.45) is 0.927. The number of hydrogen-bond acceptors (Lipinski definition) is 6. The molecule has 8 nitrogen and oxygen atoms in total. The molecule has 0 atom stereocenters. The maximum Gasteiger partial charge on any atom is 0.322 e. The summed E-state index contributed by atoms with van der Waals surface area (Å²) in [7, 11) is -3.56. The van der Waals surface area contributed by atoms with Gasteiger partial charge in [0, 0.05) is 12.3 Å². The number of rotatable bonds is 5. The molecule has 0 unspecified atom stereocenters. The SMILES string of the molecule is CS(=O)(=O)c1ccc(NCC(=O)O)c([N+](=O)[O-])c1. The average molecular weight is 274 g/mol. The molecule has 0 spiro atoms. The first-order valence-electron chi connectivity index (χ1n) is 4.66. The number of carboxylic acid groups (broad SMARTS) is 1. The van der Waals surface area contributed by atoms with Crippen LogP contribution in [0.25, 0.3) is 0 Å². The first-order valence-corrected chi connectivity index (χ1v) is 6.55. The lowest BCUT2D eigenvalue weighted by atomic mass is 10.2. The lowest BCUT2D eigenvalue weighted by Crippen LogP contribution is -2.13. The third-order valence-corrected chi connectivity index (χ3v) is 3.13. The predicted octanol–water partition coefficient (Wildman–Crippen LogP) is 0.495. The summed E-state index contributed by atoms with van der Waals surface area (Å²) >= 11 is 0. The topological polar surface area (TPSA) is 127 Å². The third-order valence-electron chi connectivity index (χ3n) is 2.02. The fraction of sp³-hybridized carbons (Fsp3) is 0.222. The van der Waals surface area contributed by atoms with Crippen LogP contribution in [-0.2, 0) is 14.6 Å². The Labute approximate surface area is 102 Å². The molecule has 9 heteroatoms. The van der Waals surface area contributed by atoms with Gasteiger partial charge in [0.15, 0.2) is 9.84 Å². The number of benzene rings is 1. The fourth-order valence-electron chi connectivity index (χ4n) is 1.21. The number of sulfone groups is 1. The molecule has 0 aromatic heterocycles. The van der Waals surface area contributed by atoms with Gasteiger partial charge in [-0.3, -0.25) is 14.9 Å². The van der Waals surface area contributed by atoms with E-state index in [0.717, 1.165) is 18.4 Å². The van der Waals surface area contributed by atoms with E-state index in [0.29, 0.717) is 0 Å². The summed E-state index contributed by atoms with van der Waals surface area (Å²) in [5.74, 6) is -1.18. The van der Waals surface area contributed by atoms with Gasteiger partial charge in [-0.2, -0.15) is 0 Å². The molecule has 0 saturated heterocycles. The number of carbonyl (C=O) groups is 1. The van der Waals surface area contributed by atoms with Gasteiger partial charge in [0.2, 0.25) is 0 Å². The normalized spacial score (nSPS) is 10.9. The summed E-state index contributed by atoms with van der Waals surface area (Å²) in [6, 6.07) is 3.23. The zero-order chi connectivity index (χ0) is 13.9. The predicted molar refractivity (Wildman–Crippen MR) is 62.3 cm³/mol. The van der Waals surface area contributed by atoms with Crippen LogP contribution in [0.1, 0.15) is 0 Å². The van der Waals surface area contributed by atoms with Crippen LogP contribution in [0.4, 0.5) is 11.4 Å². The highest BCUT2D eigenvalue weighted by Gasteiger charge is 2.18. The fourth-order valence-corrected chi connectivity index (χ4v) is 1.85. The van der Waals surface area contributed by atoms with Crippen LogP contribution in [0.15, 0.2) is 23.1 Å².